The summed E-state index contributed by atoms with van der Waals surface area (Å²) in [6.45, 7) is 6.98. The van der Waals surface area contributed by atoms with Crippen molar-refractivity contribution < 1.29 is 4.74 Å². The van der Waals surface area contributed by atoms with Crippen molar-refractivity contribution in [1.29, 1.82) is 0 Å². The quantitative estimate of drug-likeness (QED) is 0.878. The van der Waals surface area contributed by atoms with Crippen LogP contribution in [0, 0.1) is 12.8 Å². The molecule has 100 valence electrons. The molecule has 18 heavy (non-hydrogen) atoms. The molecule has 2 nitrogen and oxygen atoms in total. The van der Waals surface area contributed by atoms with Crippen LogP contribution in [-0.4, -0.2) is 19.8 Å². The van der Waals surface area contributed by atoms with E-state index in [2.05, 4.69) is 37.4 Å². The minimum absolute atomic E-state index is 0.319. The maximum atomic E-state index is 6.46. The largest absolute Gasteiger partial charge is 0.381 e. The summed E-state index contributed by atoms with van der Waals surface area (Å²) in [5, 5.41) is 4.53. The molecule has 1 fully saturated rings. The topological polar surface area (TPSA) is 21.3 Å². The molecule has 0 aliphatic carbocycles. The molecule has 1 aromatic rings. The highest BCUT2D eigenvalue weighted by Crippen LogP contribution is 2.34. The summed E-state index contributed by atoms with van der Waals surface area (Å²) < 4.78 is 5.53. The summed E-state index contributed by atoms with van der Waals surface area (Å²) in [4.78, 5) is 0. The predicted molar refractivity (Wildman–Crippen MR) is 76.1 cm³/mol. The monoisotopic (exact) mass is 267 g/mol. The standard InChI is InChI=1S/C15H22ClNO/c1-3-8-17-15(12-7-9-18-10-12)13-6-4-5-11(2)14(13)16/h4-6,12,15,17H,3,7-10H2,1-2H3. The van der Waals surface area contributed by atoms with Gasteiger partial charge in [0.15, 0.2) is 0 Å². The van der Waals surface area contributed by atoms with Gasteiger partial charge in [0, 0.05) is 23.6 Å². The number of hydrogen-bond acceptors (Lipinski definition) is 2. The second kappa shape index (κ2) is 6.55. The normalized spacial score (nSPS) is 21.2. The third kappa shape index (κ3) is 3.05. The van der Waals surface area contributed by atoms with Crippen molar-refractivity contribution in [3.05, 3.63) is 34.3 Å². The first-order valence-electron chi connectivity index (χ1n) is 6.80. The summed E-state index contributed by atoms with van der Waals surface area (Å²) >= 11 is 6.46. The van der Waals surface area contributed by atoms with Gasteiger partial charge >= 0.3 is 0 Å². The molecule has 0 spiro atoms. The van der Waals surface area contributed by atoms with Gasteiger partial charge in [-0.3, -0.25) is 0 Å². The molecule has 0 amide bonds. The first-order chi connectivity index (χ1) is 8.74. The highest BCUT2D eigenvalue weighted by Gasteiger charge is 2.28. The van der Waals surface area contributed by atoms with Crippen molar-refractivity contribution in [1.82, 2.24) is 5.32 Å². The molecule has 3 heteroatoms. The van der Waals surface area contributed by atoms with Crippen LogP contribution in [0.5, 0.6) is 0 Å². The van der Waals surface area contributed by atoms with Crippen molar-refractivity contribution >= 4 is 11.6 Å². The molecule has 1 aliphatic heterocycles. The Morgan fingerprint density at radius 1 is 1.50 bits per heavy atom. The van der Waals surface area contributed by atoms with E-state index in [0.717, 1.165) is 43.2 Å². The SMILES string of the molecule is CCCNC(c1cccc(C)c1Cl)C1CCOC1. The summed E-state index contributed by atoms with van der Waals surface area (Å²) in [5.74, 6) is 0.538. The maximum Gasteiger partial charge on any atom is 0.0513 e. The first-order valence-corrected chi connectivity index (χ1v) is 7.18. The van der Waals surface area contributed by atoms with Crippen molar-refractivity contribution in [2.75, 3.05) is 19.8 Å². The summed E-state index contributed by atoms with van der Waals surface area (Å²) in [6.07, 6.45) is 2.25. The fourth-order valence-electron chi connectivity index (χ4n) is 2.56. The molecular formula is C15H22ClNO. The summed E-state index contributed by atoms with van der Waals surface area (Å²) in [6, 6.07) is 6.61. The average molecular weight is 268 g/mol. The van der Waals surface area contributed by atoms with Gasteiger partial charge in [-0.25, -0.2) is 0 Å². The lowest BCUT2D eigenvalue weighted by molar-refractivity contribution is 0.176. The number of aryl methyl sites for hydroxylation is 1. The van der Waals surface area contributed by atoms with Crippen LogP contribution in [0.4, 0.5) is 0 Å². The van der Waals surface area contributed by atoms with E-state index in [1.807, 2.05) is 0 Å². The van der Waals surface area contributed by atoms with Crippen LogP contribution in [0.15, 0.2) is 18.2 Å². The van der Waals surface area contributed by atoms with Crippen LogP contribution in [0.1, 0.15) is 36.9 Å². The fourth-order valence-corrected chi connectivity index (χ4v) is 2.80. The van der Waals surface area contributed by atoms with Gasteiger partial charge < -0.3 is 10.1 Å². The van der Waals surface area contributed by atoms with Crippen molar-refractivity contribution in [2.45, 2.75) is 32.7 Å². The zero-order chi connectivity index (χ0) is 13.0. The lowest BCUT2D eigenvalue weighted by Crippen LogP contribution is -2.29. The van der Waals surface area contributed by atoms with Gasteiger partial charge in [-0.05, 0) is 37.4 Å². The number of nitrogens with one attached hydrogen (secondary N) is 1. The molecule has 1 aromatic carbocycles. The van der Waals surface area contributed by atoms with Crippen LogP contribution in [0.3, 0.4) is 0 Å². The van der Waals surface area contributed by atoms with Gasteiger partial charge in [0.05, 0.1) is 6.61 Å². The van der Waals surface area contributed by atoms with E-state index in [1.165, 1.54) is 5.56 Å². The molecule has 2 unspecified atom stereocenters. The predicted octanol–water partition coefficient (Wildman–Crippen LogP) is 3.73. The zero-order valence-corrected chi connectivity index (χ0v) is 12.0. The molecule has 0 aromatic heterocycles. The second-order valence-electron chi connectivity index (χ2n) is 5.03. The van der Waals surface area contributed by atoms with Crippen LogP contribution < -0.4 is 5.32 Å². The van der Waals surface area contributed by atoms with E-state index in [4.69, 9.17) is 16.3 Å². The van der Waals surface area contributed by atoms with E-state index < -0.39 is 0 Å². The number of benzene rings is 1. The second-order valence-corrected chi connectivity index (χ2v) is 5.41. The third-order valence-corrected chi connectivity index (χ3v) is 4.12. The third-order valence-electron chi connectivity index (χ3n) is 3.61. The van der Waals surface area contributed by atoms with E-state index in [0.29, 0.717) is 12.0 Å². The van der Waals surface area contributed by atoms with Crippen molar-refractivity contribution in [3.63, 3.8) is 0 Å². The minimum atomic E-state index is 0.319. The number of halogens is 1. The number of hydrogen-bond donors (Lipinski definition) is 1. The maximum absolute atomic E-state index is 6.46. The van der Waals surface area contributed by atoms with Gasteiger partial charge in [0.25, 0.3) is 0 Å². The highest BCUT2D eigenvalue weighted by molar-refractivity contribution is 6.32. The Labute approximate surface area is 115 Å². The Morgan fingerprint density at radius 2 is 2.33 bits per heavy atom. The Bertz CT molecular complexity index is 388. The smallest absolute Gasteiger partial charge is 0.0513 e. The molecule has 2 rings (SSSR count). The molecule has 1 N–H and O–H groups in total. The summed E-state index contributed by atoms with van der Waals surface area (Å²) in [5.41, 5.74) is 2.37. The van der Waals surface area contributed by atoms with Gasteiger partial charge in [-0.15, -0.1) is 0 Å². The van der Waals surface area contributed by atoms with Gasteiger partial charge in [0.1, 0.15) is 0 Å². The molecule has 0 bridgehead atoms. The van der Waals surface area contributed by atoms with Gasteiger partial charge in [-0.2, -0.15) is 0 Å². The molecule has 1 heterocycles. The zero-order valence-electron chi connectivity index (χ0n) is 11.2. The minimum Gasteiger partial charge on any atom is -0.381 e. The van der Waals surface area contributed by atoms with Gasteiger partial charge in [-0.1, -0.05) is 36.7 Å². The molecule has 2 atom stereocenters. The van der Waals surface area contributed by atoms with Crippen LogP contribution in [-0.2, 0) is 4.74 Å². The Kier molecular flexibility index (Phi) is 5.04. The van der Waals surface area contributed by atoms with Crippen LogP contribution >= 0.6 is 11.6 Å². The Hall–Kier alpha value is -0.570. The molecule has 0 saturated carbocycles. The van der Waals surface area contributed by atoms with E-state index >= 15 is 0 Å². The van der Waals surface area contributed by atoms with E-state index in [9.17, 15) is 0 Å². The van der Waals surface area contributed by atoms with E-state index in [1.54, 1.807) is 0 Å². The van der Waals surface area contributed by atoms with E-state index in [-0.39, 0.29) is 0 Å². The highest BCUT2D eigenvalue weighted by atomic mass is 35.5. The van der Waals surface area contributed by atoms with Crippen LogP contribution in [0.2, 0.25) is 5.02 Å². The van der Waals surface area contributed by atoms with Gasteiger partial charge in [0.2, 0.25) is 0 Å². The fraction of sp³-hybridized carbons (Fsp3) is 0.600. The van der Waals surface area contributed by atoms with Crippen molar-refractivity contribution in [2.24, 2.45) is 5.92 Å². The molecular weight excluding hydrogens is 246 g/mol. The first kappa shape index (κ1) is 13.9. The molecule has 0 radical (unpaired) electrons. The molecule has 1 saturated heterocycles. The lowest BCUT2D eigenvalue weighted by atomic mass is 9.91. The lowest BCUT2D eigenvalue weighted by Gasteiger charge is -2.25. The van der Waals surface area contributed by atoms with Crippen LogP contribution in [0.25, 0.3) is 0 Å². The molecule has 1 aliphatic rings. The number of ether oxygens (including phenoxy) is 1. The number of rotatable bonds is 5. The average Bonchev–Trinajstić information content (AvgIpc) is 2.88. The Balaban J connectivity index is 2.23. The van der Waals surface area contributed by atoms with Crippen molar-refractivity contribution in [3.8, 4) is 0 Å². The Morgan fingerprint density at radius 3 is 3.00 bits per heavy atom. The summed E-state index contributed by atoms with van der Waals surface area (Å²) in [7, 11) is 0.